The molecule has 6 nitrogen and oxygen atoms in total. The lowest BCUT2D eigenvalue weighted by atomic mass is 9.85. The molecule has 2 aliphatic rings. The predicted molar refractivity (Wildman–Crippen MR) is 150 cm³/mol. The minimum Gasteiger partial charge on any atom is -0.502 e. The van der Waals surface area contributed by atoms with Gasteiger partial charge in [0, 0.05) is 24.1 Å². The van der Waals surface area contributed by atoms with E-state index in [-0.39, 0.29) is 24.2 Å². The molecule has 1 aliphatic heterocycles. The number of ketones is 1. The highest BCUT2D eigenvalue weighted by Crippen LogP contribution is 2.40. The Morgan fingerprint density at radius 2 is 1.77 bits per heavy atom. The molecule has 0 bridgehead atoms. The van der Waals surface area contributed by atoms with Crippen LogP contribution in [-0.2, 0) is 19.7 Å². The quantitative estimate of drug-likeness (QED) is 0.308. The first-order chi connectivity index (χ1) is 19.1. The fourth-order valence-electron chi connectivity index (χ4n) is 6.23. The molecule has 1 N–H and O–H groups in total. The summed E-state index contributed by atoms with van der Waals surface area (Å²) in [5.74, 6) is 2.20. The van der Waals surface area contributed by atoms with Gasteiger partial charge in [0.2, 0.25) is 0 Å². The van der Waals surface area contributed by atoms with Gasteiger partial charge in [-0.3, -0.25) is 9.69 Å². The molecule has 1 saturated heterocycles. The molecule has 6 rings (SSSR count). The summed E-state index contributed by atoms with van der Waals surface area (Å²) in [7, 11) is 1.60. The van der Waals surface area contributed by atoms with Gasteiger partial charge in [-0.1, -0.05) is 36.4 Å². The second kappa shape index (κ2) is 11.1. The number of hydrogen-bond acceptors (Lipinski definition) is 5. The number of piperidine rings is 1. The molecule has 1 fully saturated rings. The number of rotatable bonds is 8. The number of pyridine rings is 1. The highest BCUT2D eigenvalue weighted by molar-refractivity contribution is 6.02. The Kier molecular flexibility index (Phi) is 7.20. The molecule has 0 spiro atoms. The molecule has 6 heteroatoms. The number of hydrogen-bond donors (Lipinski definition) is 1. The second-order valence-electron chi connectivity index (χ2n) is 10.8. The summed E-state index contributed by atoms with van der Waals surface area (Å²) in [4.78, 5) is 15.9. The average Bonchev–Trinajstić information content (AvgIpc) is 3.26. The molecule has 0 saturated carbocycles. The zero-order valence-corrected chi connectivity index (χ0v) is 22.4. The topological polar surface area (TPSA) is 62.9 Å². The standard InChI is InChI=1S/C33H34N2O4/c1-38-30-20-28-26(19-31(30)39-22-35-14-6-10-25-9-5-11-29(36)32(25)35)18-27(33(28)37)17-23-12-15-34(16-13-23)21-24-7-3-2-4-8-24/h2-11,14,19-20,23,27H,12-13,15-18,21-22H2,1H3/p+1. The number of aromatic hydroxyl groups is 1. The number of fused-ring (bicyclic) bond motifs is 2. The molecule has 200 valence electrons. The fraction of sp³-hybridized carbons (Fsp3) is 0.333. The number of carbonyl (C=O) groups excluding carboxylic acids is 1. The summed E-state index contributed by atoms with van der Waals surface area (Å²) < 4.78 is 13.7. The number of likely N-dealkylation sites (tertiary alicyclic amines) is 1. The van der Waals surface area contributed by atoms with Gasteiger partial charge >= 0.3 is 0 Å². The number of Topliss-reactive ketones (excluding diaryl/α,β-unsaturated/α-hetero) is 1. The Morgan fingerprint density at radius 3 is 2.56 bits per heavy atom. The van der Waals surface area contributed by atoms with Gasteiger partial charge in [-0.2, -0.15) is 4.57 Å². The highest BCUT2D eigenvalue weighted by atomic mass is 16.5. The van der Waals surface area contributed by atoms with Crippen molar-refractivity contribution in [2.24, 2.45) is 11.8 Å². The number of ether oxygens (including phenoxy) is 2. The fourth-order valence-corrected chi connectivity index (χ4v) is 6.23. The lowest BCUT2D eigenvalue weighted by Gasteiger charge is -2.32. The molecule has 1 unspecified atom stereocenters. The summed E-state index contributed by atoms with van der Waals surface area (Å²) in [6.45, 7) is 3.38. The lowest BCUT2D eigenvalue weighted by Crippen LogP contribution is -2.37. The zero-order chi connectivity index (χ0) is 26.8. The van der Waals surface area contributed by atoms with Gasteiger partial charge in [-0.05, 0) is 86.1 Å². The number of aromatic nitrogens is 1. The normalized spacial score (nSPS) is 17.9. The van der Waals surface area contributed by atoms with Crippen LogP contribution in [0.25, 0.3) is 10.9 Å². The van der Waals surface area contributed by atoms with E-state index in [1.54, 1.807) is 13.2 Å². The number of benzene rings is 3. The second-order valence-corrected chi connectivity index (χ2v) is 10.8. The van der Waals surface area contributed by atoms with E-state index < -0.39 is 0 Å². The van der Waals surface area contributed by atoms with Gasteiger partial charge in [0.05, 0.1) is 12.5 Å². The molecule has 1 aromatic heterocycles. The zero-order valence-electron chi connectivity index (χ0n) is 22.4. The summed E-state index contributed by atoms with van der Waals surface area (Å²) in [6, 6.07) is 23.8. The third-order valence-electron chi connectivity index (χ3n) is 8.30. The highest BCUT2D eigenvalue weighted by Gasteiger charge is 2.34. The molecular weight excluding hydrogens is 488 g/mol. The maximum atomic E-state index is 13.4. The molecule has 1 aliphatic carbocycles. The van der Waals surface area contributed by atoms with Gasteiger partial charge in [-0.15, -0.1) is 0 Å². The van der Waals surface area contributed by atoms with Gasteiger partial charge in [0.25, 0.3) is 12.2 Å². The number of carbonyl (C=O) groups is 1. The average molecular weight is 524 g/mol. The van der Waals surface area contributed by atoms with Gasteiger partial charge in [0.1, 0.15) is 0 Å². The summed E-state index contributed by atoms with van der Waals surface area (Å²) >= 11 is 0. The number of phenols is 1. The van der Waals surface area contributed by atoms with Crippen LogP contribution in [0.5, 0.6) is 17.2 Å². The summed E-state index contributed by atoms with van der Waals surface area (Å²) in [5, 5.41) is 11.3. The van der Waals surface area contributed by atoms with Crippen LogP contribution in [0.1, 0.15) is 40.7 Å². The Bertz CT molecular complexity index is 1470. The first-order valence-electron chi connectivity index (χ1n) is 13.8. The van der Waals surface area contributed by atoms with E-state index in [4.69, 9.17) is 9.47 Å². The first kappa shape index (κ1) is 25.4. The van der Waals surface area contributed by atoms with Crippen molar-refractivity contribution in [1.29, 1.82) is 0 Å². The van der Waals surface area contributed by atoms with Crippen molar-refractivity contribution in [1.82, 2.24) is 4.90 Å². The molecule has 4 aromatic rings. The van der Waals surface area contributed by atoms with Crippen LogP contribution in [0, 0.1) is 11.8 Å². The van der Waals surface area contributed by atoms with Crippen LogP contribution < -0.4 is 14.0 Å². The van der Waals surface area contributed by atoms with Crippen LogP contribution in [0.3, 0.4) is 0 Å². The maximum Gasteiger partial charge on any atom is 0.292 e. The van der Waals surface area contributed by atoms with Crippen molar-refractivity contribution in [2.75, 3.05) is 20.2 Å². The molecule has 1 atom stereocenters. The smallest absolute Gasteiger partial charge is 0.292 e. The summed E-state index contributed by atoms with van der Waals surface area (Å²) in [5.41, 5.74) is 3.87. The van der Waals surface area contributed by atoms with E-state index in [2.05, 4.69) is 35.2 Å². The van der Waals surface area contributed by atoms with Crippen LogP contribution in [0.2, 0.25) is 0 Å². The number of para-hydroxylation sites is 1. The molecule has 2 heterocycles. The van der Waals surface area contributed by atoms with Crippen molar-refractivity contribution >= 4 is 16.7 Å². The minimum atomic E-state index is 0.0232. The third-order valence-corrected chi connectivity index (χ3v) is 8.30. The Morgan fingerprint density at radius 1 is 0.974 bits per heavy atom. The molecule has 0 amide bonds. The van der Waals surface area contributed by atoms with Gasteiger partial charge in [-0.25, -0.2) is 0 Å². The Labute approximate surface area is 229 Å². The molecule has 0 radical (unpaired) electrons. The van der Waals surface area contributed by atoms with Crippen molar-refractivity contribution in [3.63, 3.8) is 0 Å². The van der Waals surface area contributed by atoms with E-state index in [1.807, 2.05) is 47.2 Å². The van der Waals surface area contributed by atoms with Crippen LogP contribution >= 0.6 is 0 Å². The predicted octanol–water partition coefficient (Wildman–Crippen LogP) is 5.54. The Balaban J connectivity index is 1.11. The van der Waals surface area contributed by atoms with Gasteiger partial charge in [0.15, 0.2) is 29.2 Å². The lowest BCUT2D eigenvalue weighted by molar-refractivity contribution is -0.700. The van der Waals surface area contributed by atoms with E-state index in [0.717, 1.165) is 61.8 Å². The van der Waals surface area contributed by atoms with E-state index >= 15 is 0 Å². The van der Waals surface area contributed by atoms with Crippen LogP contribution in [0.4, 0.5) is 0 Å². The third kappa shape index (κ3) is 5.34. The van der Waals surface area contributed by atoms with Crippen LogP contribution in [-0.4, -0.2) is 36.0 Å². The maximum absolute atomic E-state index is 13.4. The van der Waals surface area contributed by atoms with Crippen molar-refractivity contribution in [3.05, 3.63) is 95.7 Å². The molecular formula is C33H35N2O4+. The minimum absolute atomic E-state index is 0.0232. The Hall–Kier alpha value is -3.90. The largest absolute Gasteiger partial charge is 0.502 e. The van der Waals surface area contributed by atoms with Crippen LogP contribution in [0.15, 0.2) is 79.0 Å². The number of phenolic OH excluding ortho intramolecular Hbond substituents is 1. The molecule has 39 heavy (non-hydrogen) atoms. The van der Waals surface area contributed by atoms with E-state index in [0.29, 0.717) is 22.9 Å². The summed E-state index contributed by atoms with van der Waals surface area (Å²) in [6.07, 6.45) is 5.85. The SMILES string of the molecule is COc1cc2c(cc1OC[n+]1cccc3cccc(O)c31)CC(CC1CCN(Cc3ccccc3)CC1)C2=O. The number of methoxy groups -OCH3 is 1. The van der Waals surface area contributed by atoms with Crippen molar-refractivity contribution < 1.29 is 23.9 Å². The van der Waals surface area contributed by atoms with E-state index in [1.165, 1.54) is 5.56 Å². The first-order valence-corrected chi connectivity index (χ1v) is 13.8. The monoisotopic (exact) mass is 523 g/mol. The van der Waals surface area contributed by atoms with Crippen molar-refractivity contribution in [2.45, 2.75) is 39.0 Å². The van der Waals surface area contributed by atoms with E-state index in [9.17, 15) is 9.90 Å². The van der Waals surface area contributed by atoms with Gasteiger partial charge < -0.3 is 14.6 Å². The van der Waals surface area contributed by atoms with Crippen molar-refractivity contribution in [3.8, 4) is 17.2 Å². The molecule has 3 aromatic carbocycles. The number of nitrogens with zero attached hydrogens (tertiary/aromatic N) is 2.